The zero-order valence-electron chi connectivity index (χ0n) is 6.24. The van der Waals surface area contributed by atoms with Crippen molar-refractivity contribution in [3.05, 3.63) is 23.4 Å². The Hall–Kier alpha value is -1.51. The van der Waals surface area contributed by atoms with Crippen molar-refractivity contribution >= 4 is 18.8 Å². The van der Waals surface area contributed by atoms with E-state index >= 15 is 0 Å². The second-order valence-electron chi connectivity index (χ2n) is 2.14. The topological polar surface area (TPSA) is 42.3 Å². The third-order valence-corrected chi connectivity index (χ3v) is 1.45. The number of rotatable bonds is 2. The highest BCUT2D eigenvalue weighted by Crippen LogP contribution is 2.15. The van der Waals surface area contributed by atoms with E-state index < -0.39 is 0 Å². The molecule has 0 aliphatic heterocycles. The Labute approximate surface area is 64.8 Å². The zero-order valence-corrected chi connectivity index (χ0v) is 6.24. The first-order valence-electron chi connectivity index (χ1n) is 3.17. The highest BCUT2D eigenvalue weighted by atomic mass is 16.1. The number of carbonyl (C=O) groups is 1. The summed E-state index contributed by atoms with van der Waals surface area (Å²) in [6.07, 6.45) is 2.35. The van der Waals surface area contributed by atoms with Gasteiger partial charge in [-0.2, -0.15) is 0 Å². The first-order valence-corrected chi connectivity index (χ1v) is 3.17. The van der Waals surface area contributed by atoms with E-state index in [1.54, 1.807) is 12.3 Å². The molecule has 1 heterocycles. The average molecular weight is 148 g/mol. The van der Waals surface area contributed by atoms with E-state index in [1.165, 1.54) is 0 Å². The third-order valence-electron chi connectivity index (χ3n) is 1.45. The zero-order chi connectivity index (χ0) is 8.27. The predicted molar refractivity (Wildman–Crippen MR) is 43.6 cm³/mol. The van der Waals surface area contributed by atoms with Crippen LogP contribution in [0.25, 0.3) is 0 Å². The summed E-state index contributed by atoms with van der Waals surface area (Å²) in [6, 6.07) is 1.76. The molecule has 0 aliphatic rings. The minimum absolute atomic E-state index is 0.403. The number of aldehydes is 1. The number of nitrogens with zero attached hydrogens (tertiary/aromatic N) is 2. The molecule has 1 aromatic rings. The lowest BCUT2D eigenvalue weighted by atomic mass is 10.2. The number of aromatic nitrogens is 1. The van der Waals surface area contributed by atoms with Gasteiger partial charge in [0.15, 0.2) is 12.1 Å². The van der Waals surface area contributed by atoms with Gasteiger partial charge in [0, 0.05) is 6.20 Å². The molecule has 0 amide bonds. The third kappa shape index (κ3) is 1.32. The van der Waals surface area contributed by atoms with Crippen LogP contribution in [0.1, 0.15) is 15.9 Å². The number of hydrogen-bond donors (Lipinski definition) is 0. The molecular weight excluding hydrogens is 140 g/mol. The van der Waals surface area contributed by atoms with Gasteiger partial charge in [-0.1, -0.05) is 0 Å². The van der Waals surface area contributed by atoms with Crippen molar-refractivity contribution in [3.8, 4) is 0 Å². The predicted octanol–water partition coefficient (Wildman–Crippen LogP) is 1.53. The Morgan fingerprint density at radius 2 is 2.45 bits per heavy atom. The lowest BCUT2D eigenvalue weighted by Crippen LogP contribution is -1.88. The molecule has 0 aromatic carbocycles. The van der Waals surface area contributed by atoms with Crippen LogP contribution in [0.2, 0.25) is 0 Å². The fourth-order valence-corrected chi connectivity index (χ4v) is 0.827. The Bertz CT molecular complexity index is 294. The maximum Gasteiger partial charge on any atom is 0.162 e. The number of carbonyl (C=O) groups excluding carboxylic acids is 1. The van der Waals surface area contributed by atoms with Gasteiger partial charge < -0.3 is 0 Å². The molecule has 11 heavy (non-hydrogen) atoms. The van der Waals surface area contributed by atoms with E-state index in [-0.39, 0.29) is 0 Å². The lowest BCUT2D eigenvalue weighted by Gasteiger charge is -1.98. The highest BCUT2D eigenvalue weighted by Gasteiger charge is 2.02. The van der Waals surface area contributed by atoms with Crippen LogP contribution >= 0.6 is 0 Å². The Kier molecular flexibility index (Phi) is 2.11. The molecule has 0 bridgehead atoms. The van der Waals surface area contributed by atoms with Crippen molar-refractivity contribution in [2.24, 2.45) is 4.99 Å². The monoisotopic (exact) mass is 148 g/mol. The average Bonchev–Trinajstić information content (AvgIpc) is 2.04. The highest BCUT2D eigenvalue weighted by molar-refractivity contribution is 5.83. The molecule has 0 saturated carbocycles. The number of hydrogen-bond acceptors (Lipinski definition) is 3. The Morgan fingerprint density at radius 1 is 1.73 bits per heavy atom. The first-order chi connectivity index (χ1) is 5.29. The van der Waals surface area contributed by atoms with E-state index in [9.17, 15) is 4.79 Å². The van der Waals surface area contributed by atoms with E-state index in [2.05, 4.69) is 16.7 Å². The molecular formula is C8H8N2O. The standard InChI is InChI=1S/C8H8N2O/c1-6-3-4-10-8(9-2)7(6)5-11/h3-5H,2H2,1H3. The van der Waals surface area contributed by atoms with Gasteiger partial charge in [0.05, 0.1) is 5.56 Å². The summed E-state index contributed by atoms with van der Waals surface area (Å²) >= 11 is 0. The second kappa shape index (κ2) is 3.05. The Balaban J connectivity index is 3.35. The molecule has 0 fully saturated rings. The molecule has 0 aliphatic carbocycles. The van der Waals surface area contributed by atoms with Crippen LogP contribution in [-0.4, -0.2) is 18.0 Å². The summed E-state index contributed by atoms with van der Waals surface area (Å²) in [5, 5.41) is 0. The quantitative estimate of drug-likeness (QED) is 0.471. The van der Waals surface area contributed by atoms with E-state index in [0.717, 1.165) is 11.8 Å². The maximum absolute atomic E-state index is 10.5. The summed E-state index contributed by atoms with van der Waals surface area (Å²) < 4.78 is 0. The minimum Gasteiger partial charge on any atom is -0.298 e. The van der Waals surface area contributed by atoms with Crippen molar-refractivity contribution in [1.82, 2.24) is 4.98 Å². The fraction of sp³-hybridized carbons (Fsp3) is 0.125. The van der Waals surface area contributed by atoms with Crippen LogP contribution in [0.15, 0.2) is 17.3 Å². The van der Waals surface area contributed by atoms with Gasteiger partial charge in [-0.15, -0.1) is 0 Å². The summed E-state index contributed by atoms with van der Waals surface area (Å²) in [7, 11) is 0. The molecule has 3 nitrogen and oxygen atoms in total. The molecule has 3 heteroatoms. The molecule has 0 radical (unpaired) electrons. The molecule has 1 rings (SSSR count). The second-order valence-corrected chi connectivity index (χ2v) is 2.14. The summed E-state index contributed by atoms with van der Waals surface area (Å²) in [6.45, 7) is 5.14. The van der Waals surface area contributed by atoms with Crippen molar-refractivity contribution in [1.29, 1.82) is 0 Å². The van der Waals surface area contributed by atoms with Crippen LogP contribution in [-0.2, 0) is 0 Å². The van der Waals surface area contributed by atoms with Gasteiger partial charge in [0.2, 0.25) is 0 Å². The first kappa shape index (κ1) is 7.60. The van der Waals surface area contributed by atoms with Crippen molar-refractivity contribution in [2.75, 3.05) is 0 Å². The van der Waals surface area contributed by atoms with Crippen molar-refractivity contribution in [3.63, 3.8) is 0 Å². The number of aryl methyl sites for hydroxylation is 1. The molecule has 0 unspecified atom stereocenters. The lowest BCUT2D eigenvalue weighted by molar-refractivity contribution is 0.112. The summed E-state index contributed by atoms with van der Waals surface area (Å²) in [4.78, 5) is 18.0. The molecule has 1 aromatic heterocycles. The van der Waals surface area contributed by atoms with Crippen LogP contribution in [0.5, 0.6) is 0 Å². The van der Waals surface area contributed by atoms with Crippen molar-refractivity contribution in [2.45, 2.75) is 6.92 Å². The Morgan fingerprint density at radius 3 is 2.91 bits per heavy atom. The van der Waals surface area contributed by atoms with Gasteiger partial charge in [0.25, 0.3) is 0 Å². The van der Waals surface area contributed by atoms with Crippen LogP contribution in [0.3, 0.4) is 0 Å². The van der Waals surface area contributed by atoms with Gasteiger partial charge in [0.1, 0.15) is 0 Å². The van der Waals surface area contributed by atoms with Gasteiger partial charge in [-0.25, -0.2) is 9.98 Å². The van der Waals surface area contributed by atoms with Crippen molar-refractivity contribution < 1.29 is 4.79 Å². The molecule has 0 saturated heterocycles. The molecule has 0 N–H and O–H groups in total. The van der Waals surface area contributed by atoms with E-state index in [0.29, 0.717) is 11.4 Å². The largest absolute Gasteiger partial charge is 0.298 e. The normalized spacial score (nSPS) is 9.18. The number of aliphatic imine (C=N–C) groups is 1. The smallest absolute Gasteiger partial charge is 0.162 e. The molecule has 0 spiro atoms. The summed E-state index contributed by atoms with van der Waals surface area (Å²) in [5.41, 5.74) is 1.39. The molecule has 56 valence electrons. The van der Waals surface area contributed by atoms with Gasteiger partial charge in [-0.05, 0) is 25.3 Å². The maximum atomic E-state index is 10.5. The summed E-state index contributed by atoms with van der Waals surface area (Å²) in [5.74, 6) is 0.403. The molecule has 0 atom stereocenters. The van der Waals surface area contributed by atoms with Gasteiger partial charge >= 0.3 is 0 Å². The van der Waals surface area contributed by atoms with Crippen LogP contribution in [0, 0.1) is 6.92 Å². The minimum atomic E-state index is 0.403. The van der Waals surface area contributed by atoms with Crippen LogP contribution < -0.4 is 0 Å². The SMILES string of the molecule is C=Nc1nccc(C)c1C=O. The number of pyridine rings is 1. The van der Waals surface area contributed by atoms with Crippen LogP contribution in [0.4, 0.5) is 5.82 Å². The van der Waals surface area contributed by atoms with E-state index in [4.69, 9.17) is 0 Å². The fourth-order valence-electron chi connectivity index (χ4n) is 0.827. The van der Waals surface area contributed by atoms with Gasteiger partial charge in [-0.3, -0.25) is 4.79 Å². The van der Waals surface area contributed by atoms with E-state index in [1.807, 2.05) is 6.92 Å².